The lowest BCUT2D eigenvalue weighted by atomic mass is 9.83. The highest BCUT2D eigenvalue weighted by Gasteiger charge is 2.47. The third kappa shape index (κ3) is 3.90. The van der Waals surface area contributed by atoms with Crippen LogP contribution in [0.25, 0.3) is 0 Å². The molecule has 1 saturated heterocycles. The van der Waals surface area contributed by atoms with Crippen LogP contribution in [-0.2, 0) is 21.5 Å². The highest BCUT2D eigenvalue weighted by molar-refractivity contribution is 5.76. The van der Waals surface area contributed by atoms with E-state index in [0.717, 1.165) is 32.2 Å². The lowest BCUT2D eigenvalue weighted by molar-refractivity contribution is -0.146. The molecule has 1 aliphatic heterocycles. The Labute approximate surface area is 151 Å². The molecule has 0 amide bonds. The maximum atomic E-state index is 12.3. The van der Waals surface area contributed by atoms with Crippen LogP contribution in [0.3, 0.4) is 0 Å². The number of ether oxygens (including phenoxy) is 1. The van der Waals surface area contributed by atoms with Gasteiger partial charge in [0, 0.05) is 12.6 Å². The quantitative estimate of drug-likeness (QED) is 0.854. The molecule has 1 N–H and O–H groups in total. The molecular formula is C21H31NO3. The zero-order valence-electron chi connectivity index (χ0n) is 15.9. The molecule has 25 heavy (non-hydrogen) atoms. The SMILES string of the molecule is COC(=O)[C@@H]1C[C@H]2CC[C@H](O)C[C@H]2N1Cc1ccc(C(C)(C)C)cc1. The first kappa shape index (κ1) is 18.4. The van der Waals surface area contributed by atoms with Gasteiger partial charge in [-0.3, -0.25) is 9.69 Å². The average molecular weight is 345 g/mol. The fourth-order valence-electron chi connectivity index (χ4n) is 4.44. The minimum absolute atomic E-state index is 0.138. The Morgan fingerprint density at radius 3 is 2.48 bits per heavy atom. The molecule has 4 heteroatoms. The van der Waals surface area contributed by atoms with Gasteiger partial charge in [0.2, 0.25) is 0 Å². The summed E-state index contributed by atoms with van der Waals surface area (Å²) in [6.07, 6.45) is 3.22. The van der Waals surface area contributed by atoms with E-state index >= 15 is 0 Å². The van der Waals surface area contributed by atoms with Gasteiger partial charge in [-0.15, -0.1) is 0 Å². The van der Waals surface area contributed by atoms with Crippen LogP contribution in [0, 0.1) is 5.92 Å². The van der Waals surface area contributed by atoms with Crippen molar-refractivity contribution in [3.05, 3.63) is 35.4 Å². The molecule has 1 aliphatic carbocycles. The van der Waals surface area contributed by atoms with Crippen molar-refractivity contribution in [1.29, 1.82) is 0 Å². The van der Waals surface area contributed by atoms with Gasteiger partial charge >= 0.3 is 5.97 Å². The first-order valence-corrected chi connectivity index (χ1v) is 9.40. The number of aliphatic hydroxyl groups is 1. The van der Waals surface area contributed by atoms with Crippen LogP contribution in [0.4, 0.5) is 0 Å². The molecule has 0 aromatic heterocycles. The second kappa shape index (κ2) is 7.08. The average Bonchev–Trinajstić information content (AvgIpc) is 2.92. The predicted molar refractivity (Wildman–Crippen MR) is 98.2 cm³/mol. The van der Waals surface area contributed by atoms with E-state index in [0.29, 0.717) is 5.92 Å². The standard InChI is InChI=1S/C21H31NO3/c1-21(2,3)16-8-5-14(6-9-16)13-22-18-12-17(23)10-7-15(18)11-19(22)20(24)25-4/h5-6,8-9,15,17-19,23H,7,10-13H2,1-4H3/t15-,17+,18-,19+/m1/s1. The molecule has 0 bridgehead atoms. The van der Waals surface area contributed by atoms with Gasteiger partial charge < -0.3 is 9.84 Å². The van der Waals surface area contributed by atoms with Crippen molar-refractivity contribution in [2.24, 2.45) is 5.92 Å². The summed E-state index contributed by atoms with van der Waals surface area (Å²) in [4.78, 5) is 14.6. The van der Waals surface area contributed by atoms with Gasteiger partial charge in [0.15, 0.2) is 0 Å². The highest BCUT2D eigenvalue weighted by Crippen LogP contribution is 2.41. The van der Waals surface area contributed by atoms with Crippen LogP contribution in [0.1, 0.15) is 57.6 Å². The van der Waals surface area contributed by atoms with Crippen molar-refractivity contribution in [2.45, 2.75) is 76.6 Å². The molecule has 1 saturated carbocycles. The molecule has 3 rings (SSSR count). The largest absolute Gasteiger partial charge is 0.468 e. The van der Waals surface area contributed by atoms with Gasteiger partial charge in [0.1, 0.15) is 6.04 Å². The molecule has 138 valence electrons. The Morgan fingerprint density at radius 2 is 1.88 bits per heavy atom. The lowest BCUT2D eigenvalue weighted by Gasteiger charge is -2.35. The van der Waals surface area contributed by atoms with Gasteiger partial charge in [-0.05, 0) is 48.1 Å². The zero-order valence-corrected chi connectivity index (χ0v) is 15.9. The van der Waals surface area contributed by atoms with Gasteiger partial charge in [-0.2, -0.15) is 0 Å². The number of hydrogen-bond donors (Lipinski definition) is 1. The minimum Gasteiger partial charge on any atom is -0.468 e. The first-order chi connectivity index (χ1) is 11.8. The summed E-state index contributed by atoms with van der Waals surface area (Å²) in [6, 6.07) is 8.79. The Bertz CT molecular complexity index is 605. The van der Waals surface area contributed by atoms with Gasteiger partial charge in [0.25, 0.3) is 0 Å². The molecular weight excluding hydrogens is 314 g/mol. The summed E-state index contributed by atoms with van der Waals surface area (Å²) < 4.78 is 5.06. The maximum absolute atomic E-state index is 12.3. The summed E-state index contributed by atoms with van der Waals surface area (Å²) in [5.41, 5.74) is 2.66. The highest BCUT2D eigenvalue weighted by atomic mass is 16.5. The molecule has 1 heterocycles. The molecule has 1 aromatic carbocycles. The number of aliphatic hydroxyl groups excluding tert-OH is 1. The van der Waals surface area contributed by atoms with Gasteiger partial charge in [0.05, 0.1) is 13.2 Å². The van der Waals surface area contributed by atoms with E-state index in [2.05, 4.69) is 49.9 Å². The molecule has 1 aromatic rings. The van der Waals surface area contributed by atoms with E-state index in [-0.39, 0.29) is 29.6 Å². The number of carbonyl (C=O) groups excluding carboxylic acids is 1. The van der Waals surface area contributed by atoms with Crippen molar-refractivity contribution in [3.63, 3.8) is 0 Å². The number of esters is 1. The van der Waals surface area contributed by atoms with E-state index in [1.54, 1.807) is 0 Å². The number of hydrogen-bond acceptors (Lipinski definition) is 4. The van der Waals surface area contributed by atoms with Crippen LogP contribution in [0.2, 0.25) is 0 Å². The predicted octanol–water partition coefficient (Wildman–Crippen LogP) is 3.26. The number of fused-ring (bicyclic) bond motifs is 1. The Hall–Kier alpha value is -1.39. The summed E-state index contributed by atoms with van der Waals surface area (Å²) in [6.45, 7) is 7.37. The van der Waals surface area contributed by atoms with Gasteiger partial charge in [-0.25, -0.2) is 0 Å². The van der Waals surface area contributed by atoms with E-state index in [4.69, 9.17) is 4.74 Å². The van der Waals surface area contributed by atoms with Crippen LogP contribution < -0.4 is 0 Å². The van der Waals surface area contributed by atoms with Gasteiger partial charge in [-0.1, -0.05) is 45.0 Å². The lowest BCUT2D eigenvalue weighted by Crippen LogP contribution is -2.44. The van der Waals surface area contributed by atoms with Crippen LogP contribution >= 0.6 is 0 Å². The summed E-state index contributed by atoms with van der Waals surface area (Å²) in [7, 11) is 1.47. The van der Waals surface area contributed by atoms with Crippen molar-refractivity contribution in [2.75, 3.05) is 7.11 Å². The number of likely N-dealkylation sites (tertiary alicyclic amines) is 1. The second-order valence-electron chi connectivity index (χ2n) is 8.69. The Kier molecular flexibility index (Phi) is 5.21. The van der Waals surface area contributed by atoms with E-state index in [9.17, 15) is 9.90 Å². The number of carbonyl (C=O) groups is 1. The smallest absolute Gasteiger partial charge is 0.323 e. The summed E-state index contributed by atoms with van der Waals surface area (Å²) in [5, 5.41) is 10.1. The van der Waals surface area contributed by atoms with E-state index in [1.807, 2.05) is 0 Å². The van der Waals surface area contributed by atoms with E-state index in [1.165, 1.54) is 18.2 Å². The maximum Gasteiger partial charge on any atom is 0.323 e. The Morgan fingerprint density at radius 1 is 1.20 bits per heavy atom. The molecule has 4 nitrogen and oxygen atoms in total. The molecule has 0 radical (unpaired) electrons. The number of benzene rings is 1. The fraction of sp³-hybridized carbons (Fsp3) is 0.667. The van der Waals surface area contributed by atoms with Crippen molar-refractivity contribution < 1.29 is 14.6 Å². The molecule has 4 atom stereocenters. The number of nitrogens with zero attached hydrogens (tertiary/aromatic N) is 1. The first-order valence-electron chi connectivity index (χ1n) is 9.40. The minimum atomic E-state index is -0.247. The molecule has 2 aliphatic rings. The molecule has 0 spiro atoms. The second-order valence-corrected chi connectivity index (χ2v) is 8.69. The van der Waals surface area contributed by atoms with Crippen molar-refractivity contribution >= 4 is 5.97 Å². The van der Waals surface area contributed by atoms with E-state index < -0.39 is 0 Å². The number of methoxy groups -OCH3 is 1. The summed E-state index contributed by atoms with van der Waals surface area (Å²) >= 11 is 0. The summed E-state index contributed by atoms with van der Waals surface area (Å²) in [5.74, 6) is 0.344. The molecule has 2 fully saturated rings. The third-order valence-electron chi connectivity index (χ3n) is 5.94. The third-order valence-corrected chi connectivity index (χ3v) is 5.94. The van der Waals surface area contributed by atoms with Crippen LogP contribution in [0.15, 0.2) is 24.3 Å². The van der Waals surface area contributed by atoms with Crippen molar-refractivity contribution in [3.8, 4) is 0 Å². The normalized spacial score (nSPS) is 30.1. The van der Waals surface area contributed by atoms with Crippen LogP contribution in [-0.4, -0.2) is 41.3 Å². The fourth-order valence-corrected chi connectivity index (χ4v) is 4.44. The molecule has 0 unspecified atom stereocenters. The van der Waals surface area contributed by atoms with Crippen molar-refractivity contribution in [1.82, 2.24) is 4.90 Å². The monoisotopic (exact) mass is 345 g/mol. The number of rotatable bonds is 3. The topological polar surface area (TPSA) is 49.8 Å². The zero-order chi connectivity index (χ0) is 18.2. The Balaban J connectivity index is 1.80. The van der Waals surface area contributed by atoms with Crippen LogP contribution in [0.5, 0.6) is 0 Å².